The molecule has 0 unspecified atom stereocenters. The number of aromatic nitrogens is 1. The maximum Gasteiger partial charge on any atom is 0.226 e. The number of hydrogen-bond acceptors (Lipinski definition) is 3. The van der Waals surface area contributed by atoms with Crippen LogP contribution in [0.2, 0.25) is 0 Å². The van der Waals surface area contributed by atoms with E-state index in [9.17, 15) is 4.79 Å². The van der Waals surface area contributed by atoms with Crippen molar-refractivity contribution in [3.05, 3.63) is 29.5 Å². The van der Waals surface area contributed by atoms with Crippen LogP contribution < -0.4 is 5.32 Å². The Morgan fingerprint density at radius 1 is 1.29 bits per heavy atom. The first-order chi connectivity index (χ1) is 10.2. The van der Waals surface area contributed by atoms with Crippen molar-refractivity contribution in [1.82, 2.24) is 10.5 Å². The number of carbonyl (C=O) groups excluding carboxylic acids is 1. The van der Waals surface area contributed by atoms with E-state index >= 15 is 0 Å². The highest BCUT2D eigenvalue weighted by atomic mass is 16.5. The molecule has 2 aromatic rings. The second kappa shape index (κ2) is 6.29. The Bertz CT molecular complexity index is 625. The van der Waals surface area contributed by atoms with Crippen LogP contribution in [0, 0.1) is 6.92 Å². The minimum absolute atomic E-state index is 0.0543. The second-order valence-electron chi connectivity index (χ2n) is 6.06. The van der Waals surface area contributed by atoms with E-state index in [1.807, 2.05) is 25.1 Å². The number of carbonyl (C=O) groups is 1. The molecule has 1 aromatic heterocycles. The average Bonchev–Trinajstić information content (AvgIpc) is 2.68. The van der Waals surface area contributed by atoms with Crippen LogP contribution in [0.4, 0.5) is 0 Å². The van der Waals surface area contributed by atoms with Gasteiger partial charge in [-0.1, -0.05) is 42.5 Å². The summed E-state index contributed by atoms with van der Waals surface area (Å²) in [7, 11) is 0. The molecule has 1 fully saturated rings. The van der Waals surface area contributed by atoms with Gasteiger partial charge in [0, 0.05) is 11.4 Å². The Balaban J connectivity index is 1.67. The molecule has 1 aliphatic rings. The zero-order valence-electron chi connectivity index (χ0n) is 12.5. The van der Waals surface area contributed by atoms with E-state index < -0.39 is 0 Å². The summed E-state index contributed by atoms with van der Waals surface area (Å²) in [4.78, 5) is 12.2. The molecule has 4 nitrogen and oxygen atoms in total. The largest absolute Gasteiger partial charge is 0.356 e. The normalized spacial score (nSPS) is 16.8. The molecule has 1 amide bonds. The summed E-state index contributed by atoms with van der Waals surface area (Å²) in [6.45, 7) is 2.03. The van der Waals surface area contributed by atoms with Crippen molar-refractivity contribution in [1.29, 1.82) is 0 Å². The molecule has 1 heterocycles. The van der Waals surface area contributed by atoms with E-state index in [0.29, 0.717) is 12.5 Å². The predicted octanol–water partition coefficient (Wildman–Crippen LogP) is 3.52. The topological polar surface area (TPSA) is 55.1 Å². The van der Waals surface area contributed by atoms with Gasteiger partial charge in [-0.05, 0) is 31.9 Å². The average molecular weight is 286 g/mol. The lowest BCUT2D eigenvalue weighted by molar-refractivity contribution is -0.121. The van der Waals surface area contributed by atoms with Crippen molar-refractivity contribution in [3.63, 3.8) is 0 Å². The molecular weight excluding hydrogens is 264 g/mol. The number of nitrogens with one attached hydrogen (secondary N) is 1. The van der Waals surface area contributed by atoms with Gasteiger partial charge in [-0.3, -0.25) is 4.79 Å². The molecule has 0 saturated heterocycles. The monoisotopic (exact) mass is 286 g/mol. The molecule has 4 heteroatoms. The van der Waals surface area contributed by atoms with Gasteiger partial charge in [0.1, 0.15) is 5.69 Å². The number of fused-ring (bicyclic) bond motifs is 1. The Labute approximate surface area is 124 Å². The molecule has 0 spiro atoms. The summed E-state index contributed by atoms with van der Waals surface area (Å²) in [6, 6.07) is 6.26. The van der Waals surface area contributed by atoms with Crippen LogP contribution in [-0.4, -0.2) is 17.1 Å². The molecule has 21 heavy (non-hydrogen) atoms. The van der Waals surface area contributed by atoms with Crippen molar-refractivity contribution in [2.75, 3.05) is 0 Å². The van der Waals surface area contributed by atoms with Crippen molar-refractivity contribution >= 4 is 16.9 Å². The van der Waals surface area contributed by atoms with Crippen molar-refractivity contribution in [3.8, 4) is 0 Å². The van der Waals surface area contributed by atoms with Gasteiger partial charge in [-0.2, -0.15) is 0 Å². The first-order valence-corrected chi connectivity index (χ1v) is 7.86. The zero-order valence-corrected chi connectivity index (χ0v) is 12.5. The van der Waals surface area contributed by atoms with Crippen molar-refractivity contribution in [2.24, 2.45) is 0 Å². The smallest absolute Gasteiger partial charge is 0.226 e. The minimum Gasteiger partial charge on any atom is -0.356 e. The van der Waals surface area contributed by atoms with E-state index in [1.54, 1.807) is 0 Å². The number of rotatable bonds is 3. The SMILES string of the molecule is Cc1ccc2onc(CC(=O)NC3CCCCCC3)c2c1. The number of hydrogen-bond donors (Lipinski definition) is 1. The zero-order chi connectivity index (χ0) is 14.7. The van der Waals surface area contributed by atoms with Gasteiger partial charge < -0.3 is 9.84 Å². The van der Waals surface area contributed by atoms with Crippen LogP contribution in [0.1, 0.15) is 49.8 Å². The fraction of sp³-hybridized carbons (Fsp3) is 0.529. The van der Waals surface area contributed by atoms with Crippen LogP contribution in [0.15, 0.2) is 22.7 Å². The Morgan fingerprint density at radius 2 is 2.05 bits per heavy atom. The van der Waals surface area contributed by atoms with Gasteiger partial charge in [0.2, 0.25) is 5.91 Å². The number of amides is 1. The Hall–Kier alpha value is -1.84. The standard InChI is InChI=1S/C17H22N2O2/c1-12-8-9-16-14(10-12)15(19-21-16)11-17(20)18-13-6-4-2-3-5-7-13/h8-10,13H,2-7,11H2,1H3,(H,18,20). The third kappa shape index (κ3) is 3.43. The molecule has 0 atom stereocenters. The Kier molecular flexibility index (Phi) is 4.23. The first kappa shape index (κ1) is 14.1. The van der Waals surface area contributed by atoms with Crippen LogP contribution in [0.5, 0.6) is 0 Å². The summed E-state index contributed by atoms with van der Waals surface area (Å²) < 4.78 is 5.28. The summed E-state index contributed by atoms with van der Waals surface area (Å²) in [5.41, 5.74) is 2.63. The summed E-state index contributed by atoms with van der Waals surface area (Å²) in [5, 5.41) is 8.16. The maximum atomic E-state index is 12.2. The molecule has 1 N–H and O–H groups in total. The van der Waals surface area contributed by atoms with E-state index in [1.165, 1.54) is 25.7 Å². The summed E-state index contributed by atoms with van der Waals surface area (Å²) in [5.74, 6) is 0.0543. The fourth-order valence-corrected chi connectivity index (χ4v) is 3.08. The van der Waals surface area contributed by atoms with Gasteiger partial charge in [-0.15, -0.1) is 0 Å². The molecule has 0 radical (unpaired) electrons. The molecule has 0 aliphatic heterocycles. The third-order valence-electron chi connectivity index (χ3n) is 4.25. The first-order valence-electron chi connectivity index (χ1n) is 7.86. The van der Waals surface area contributed by atoms with E-state index in [2.05, 4.69) is 10.5 Å². The van der Waals surface area contributed by atoms with Gasteiger partial charge in [0.25, 0.3) is 0 Å². The number of aryl methyl sites for hydroxylation is 1. The summed E-state index contributed by atoms with van der Waals surface area (Å²) >= 11 is 0. The maximum absolute atomic E-state index is 12.2. The number of nitrogens with zero attached hydrogens (tertiary/aromatic N) is 1. The lowest BCUT2D eigenvalue weighted by atomic mass is 10.1. The molecule has 1 aromatic carbocycles. The highest BCUT2D eigenvalue weighted by Crippen LogP contribution is 2.21. The highest BCUT2D eigenvalue weighted by molar-refractivity contribution is 5.86. The van der Waals surface area contributed by atoms with E-state index in [4.69, 9.17) is 4.52 Å². The summed E-state index contributed by atoms with van der Waals surface area (Å²) in [6.07, 6.45) is 7.52. The number of benzene rings is 1. The molecule has 1 saturated carbocycles. The molecular formula is C17H22N2O2. The molecule has 0 bridgehead atoms. The molecule has 3 rings (SSSR count). The molecule has 1 aliphatic carbocycles. The van der Waals surface area contributed by atoms with Gasteiger partial charge in [0.15, 0.2) is 5.58 Å². The van der Waals surface area contributed by atoms with Gasteiger partial charge >= 0.3 is 0 Å². The van der Waals surface area contributed by atoms with Gasteiger partial charge in [0.05, 0.1) is 6.42 Å². The van der Waals surface area contributed by atoms with Crippen molar-refractivity contribution in [2.45, 2.75) is 57.9 Å². The quantitative estimate of drug-likeness (QED) is 0.878. The van der Waals surface area contributed by atoms with Crippen LogP contribution in [0.25, 0.3) is 11.0 Å². The van der Waals surface area contributed by atoms with E-state index in [0.717, 1.165) is 35.1 Å². The highest BCUT2D eigenvalue weighted by Gasteiger charge is 2.17. The minimum atomic E-state index is 0.0543. The second-order valence-corrected chi connectivity index (χ2v) is 6.06. The lowest BCUT2D eigenvalue weighted by Crippen LogP contribution is -2.35. The lowest BCUT2D eigenvalue weighted by Gasteiger charge is -2.15. The van der Waals surface area contributed by atoms with Gasteiger partial charge in [-0.25, -0.2) is 0 Å². The molecule has 112 valence electrons. The van der Waals surface area contributed by atoms with E-state index in [-0.39, 0.29) is 5.91 Å². The van der Waals surface area contributed by atoms with Crippen LogP contribution in [0.3, 0.4) is 0 Å². The van der Waals surface area contributed by atoms with Crippen LogP contribution >= 0.6 is 0 Å². The fourth-order valence-electron chi connectivity index (χ4n) is 3.08. The van der Waals surface area contributed by atoms with Crippen LogP contribution in [-0.2, 0) is 11.2 Å². The Morgan fingerprint density at radius 3 is 2.81 bits per heavy atom. The third-order valence-corrected chi connectivity index (χ3v) is 4.25. The predicted molar refractivity (Wildman–Crippen MR) is 82.1 cm³/mol. The van der Waals surface area contributed by atoms with Crippen molar-refractivity contribution < 1.29 is 9.32 Å².